The second-order valence-electron chi connectivity index (χ2n) is 6.45. The molecular weight excluding hydrogens is 346 g/mol. The monoisotopic (exact) mass is 361 g/mol. The van der Waals surface area contributed by atoms with E-state index in [4.69, 9.17) is 21.4 Å². The first-order valence-corrected chi connectivity index (χ1v) is 8.95. The molecule has 0 bridgehead atoms. The number of hydrogen-bond donors (Lipinski definition) is 0. The van der Waals surface area contributed by atoms with Gasteiger partial charge in [0.25, 0.3) is 0 Å². The predicted octanol–water partition coefficient (Wildman–Crippen LogP) is 4.98. The van der Waals surface area contributed by atoms with Crippen molar-refractivity contribution in [2.45, 2.75) is 18.7 Å². The van der Waals surface area contributed by atoms with E-state index in [0.29, 0.717) is 5.02 Å². The fourth-order valence-corrected chi connectivity index (χ4v) is 3.79. The molecule has 0 radical (unpaired) electrons. The number of hydrogen-bond acceptors (Lipinski definition) is 4. The number of hydrazone groups is 1. The van der Waals surface area contributed by atoms with E-state index in [1.165, 1.54) is 0 Å². The van der Waals surface area contributed by atoms with Gasteiger partial charge in [-0.1, -0.05) is 48.0 Å². The molecule has 3 aromatic rings. The van der Waals surface area contributed by atoms with E-state index < -0.39 is 0 Å². The lowest BCUT2D eigenvalue weighted by Crippen LogP contribution is -2.33. The Morgan fingerprint density at radius 3 is 2.73 bits per heavy atom. The van der Waals surface area contributed by atoms with Crippen molar-refractivity contribution < 1.29 is 4.74 Å². The number of fused-ring (bicyclic) bond motifs is 3. The van der Waals surface area contributed by atoms with E-state index in [0.717, 1.165) is 34.6 Å². The number of pyridine rings is 1. The van der Waals surface area contributed by atoms with Gasteiger partial charge >= 0.3 is 0 Å². The van der Waals surface area contributed by atoms with Crippen LogP contribution in [0.1, 0.15) is 35.4 Å². The highest BCUT2D eigenvalue weighted by atomic mass is 35.5. The fourth-order valence-electron chi connectivity index (χ4n) is 3.61. The van der Waals surface area contributed by atoms with Gasteiger partial charge in [0.2, 0.25) is 6.23 Å². The zero-order valence-corrected chi connectivity index (χ0v) is 14.7. The third-order valence-corrected chi connectivity index (χ3v) is 5.06. The van der Waals surface area contributed by atoms with Crippen LogP contribution in [0.15, 0.2) is 78.2 Å². The molecule has 2 aliphatic heterocycles. The minimum atomic E-state index is -0.302. The number of aromatic nitrogens is 1. The molecule has 2 atom stereocenters. The molecule has 4 nitrogen and oxygen atoms in total. The summed E-state index contributed by atoms with van der Waals surface area (Å²) in [5, 5.41) is 7.67. The van der Waals surface area contributed by atoms with Crippen LogP contribution in [0.4, 0.5) is 0 Å². The van der Waals surface area contributed by atoms with E-state index >= 15 is 0 Å². The van der Waals surface area contributed by atoms with Crippen molar-refractivity contribution in [3.8, 4) is 5.75 Å². The summed E-state index contributed by atoms with van der Waals surface area (Å²) in [7, 11) is 0. The quantitative estimate of drug-likeness (QED) is 0.646. The summed E-state index contributed by atoms with van der Waals surface area (Å²) in [5.74, 6) is 0.856. The molecule has 2 aliphatic rings. The average Bonchev–Trinajstić information content (AvgIpc) is 3.15. The van der Waals surface area contributed by atoms with E-state index in [-0.39, 0.29) is 12.3 Å². The number of rotatable bonds is 2. The van der Waals surface area contributed by atoms with Gasteiger partial charge in [0.05, 0.1) is 11.8 Å². The van der Waals surface area contributed by atoms with E-state index in [1.807, 2.05) is 59.7 Å². The van der Waals surface area contributed by atoms with Gasteiger partial charge < -0.3 is 4.74 Å². The maximum Gasteiger partial charge on any atom is 0.215 e. The van der Waals surface area contributed by atoms with E-state index in [2.05, 4.69) is 17.1 Å². The van der Waals surface area contributed by atoms with Crippen LogP contribution in [0.25, 0.3) is 0 Å². The molecule has 0 fully saturated rings. The smallest absolute Gasteiger partial charge is 0.215 e. The summed E-state index contributed by atoms with van der Waals surface area (Å²) in [6, 6.07) is 20.1. The van der Waals surface area contributed by atoms with Crippen molar-refractivity contribution in [1.29, 1.82) is 0 Å². The molecule has 0 spiro atoms. The number of ether oxygens (including phenoxy) is 1. The lowest BCUT2D eigenvalue weighted by Gasteiger charge is -2.38. The molecule has 0 N–H and O–H groups in total. The first-order valence-electron chi connectivity index (χ1n) is 8.57. The molecule has 0 aliphatic carbocycles. The summed E-state index contributed by atoms with van der Waals surface area (Å²) in [6.45, 7) is 0. The van der Waals surface area contributed by atoms with Crippen LogP contribution in [0.3, 0.4) is 0 Å². The lowest BCUT2D eigenvalue weighted by molar-refractivity contribution is -0.0192. The SMILES string of the molecule is Clc1ccc2c(c1)[C@@H]1CC(c3ccccc3)=NN1[C@@H](c1cccnc1)O2. The van der Waals surface area contributed by atoms with Gasteiger partial charge in [-0.25, -0.2) is 5.01 Å². The van der Waals surface area contributed by atoms with Crippen LogP contribution in [-0.2, 0) is 0 Å². The summed E-state index contributed by atoms with van der Waals surface area (Å²) >= 11 is 6.25. The zero-order valence-electron chi connectivity index (χ0n) is 13.9. The van der Waals surface area contributed by atoms with Crippen molar-refractivity contribution in [2.75, 3.05) is 0 Å². The number of nitrogens with zero attached hydrogens (tertiary/aromatic N) is 3. The first-order chi connectivity index (χ1) is 12.8. The standard InChI is InChI=1S/C21H16ClN3O/c22-16-8-9-20-17(11-16)19-12-18(14-5-2-1-3-6-14)24-25(19)21(26-20)15-7-4-10-23-13-15/h1-11,13,19,21H,12H2/t19-,21+/m0/s1. The highest BCUT2D eigenvalue weighted by Gasteiger charge is 2.41. The molecule has 2 aromatic carbocycles. The second kappa shape index (κ2) is 6.15. The molecule has 0 unspecified atom stereocenters. The van der Waals surface area contributed by atoms with Gasteiger partial charge in [0.1, 0.15) is 5.75 Å². The Labute approximate surface area is 156 Å². The second-order valence-corrected chi connectivity index (χ2v) is 6.89. The molecule has 0 amide bonds. The average molecular weight is 362 g/mol. The Balaban J connectivity index is 1.62. The number of benzene rings is 2. The normalized spacial score (nSPS) is 20.8. The minimum Gasteiger partial charge on any atom is -0.464 e. The maximum atomic E-state index is 6.29. The van der Waals surface area contributed by atoms with Crippen molar-refractivity contribution in [1.82, 2.24) is 9.99 Å². The van der Waals surface area contributed by atoms with Gasteiger partial charge in [0.15, 0.2) is 0 Å². The Kier molecular flexibility index (Phi) is 3.64. The molecule has 3 heterocycles. The zero-order chi connectivity index (χ0) is 17.5. The van der Waals surface area contributed by atoms with Crippen LogP contribution in [0.2, 0.25) is 5.02 Å². The third kappa shape index (κ3) is 2.54. The number of halogens is 1. The molecule has 5 heteroatoms. The molecule has 0 saturated carbocycles. The summed E-state index contributed by atoms with van der Waals surface area (Å²) < 4.78 is 6.29. The van der Waals surface area contributed by atoms with Gasteiger partial charge in [-0.05, 0) is 29.8 Å². The van der Waals surface area contributed by atoms with Crippen LogP contribution in [0.5, 0.6) is 5.75 Å². The Morgan fingerprint density at radius 1 is 1.04 bits per heavy atom. The Hall–Kier alpha value is -2.85. The molecular formula is C21H16ClN3O. The highest BCUT2D eigenvalue weighted by molar-refractivity contribution is 6.30. The predicted molar refractivity (Wildman–Crippen MR) is 101 cm³/mol. The van der Waals surface area contributed by atoms with Gasteiger partial charge in [-0.2, -0.15) is 5.10 Å². The van der Waals surface area contributed by atoms with Gasteiger partial charge in [-0.15, -0.1) is 0 Å². The summed E-state index contributed by atoms with van der Waals surface area (Å²) in [6.07, 6.45) is 4.11. The molecule has 5 rings (SSSR count). The van der Waals surface area contributed by atoms with E-state index in [1.54, 1.807) is 6.20 Å². The highest BCUT2D eigenvalue weighted by Crippen LogP contribution is 2.47. The van der Waals surface area contributed by atoms with Gasteiger partial charge in [0, 0.05) is 35.0 Å². The molecule has 0 saturated heterocycles. The fraction of sp³-hybridized carbons (Fsp3) is 0.143. The Morgan fingerprint density at radius 2 is 1.92 bits per heavy atom. The van der Waals surface area contributed by atoms with Crippen molar-refractivity contribution in [3.05, 3.63) is 94.8 Å². The lowest BCUT2D eigenvalue weighted by atomic mass is 9.96. The topological polar surface area (TPSA) is 37.7 Å². The molecule has 128 valence electrons. The van der Waals surface area contributed by atoms with Crippen molar-refractivity contribution in [2.24, 2.45) is 5.10 Å². The Bertz CT molecular complexity index is 975. The van der Waals surface area contributed by atoms with Crippen LogP contribution in [-0.4, -0.2) is 15.7 Å². The minimum absolute atomic E-state index is 0.0952. The van der Waals surface area contributed by atoms with E-state index in [9.17, 15) is 0 Å². The van der Waals surface area contributed by atoms with Crippen molar-refractivity contribution >= 4 is 17.3 Å². The third-order valence-electron chi connectivity index (χ3n) is 4.83. The van der Waals surface area contributed by atoms with Crippen LogP contribution < -0.4 is 4.74 Å². The summed E-state index contributed by atoms with van der Waals surface area (Å²) in [5.41, 5.74) is 4.25. The van der Waals surface area contributed by atoms with Gasteiger partial charge in [-0.3, -0.25) is 4.98 Å². The van der Waals surface area contributed by atoms with Crippen LogP contribution in [0, 0.1) is 0 Å². The van der Waals surface area contributed by atoms with Crippen molar-refractivity contribution in [3.63, 3.8) is 0 Å². The largest absolute Gasteiger partial charge is 0.464 e. The maximum absolute atomic E-state index is 6.29. The first kappa shape index (κ1) is 15.4. The molecule has 1 aromatic heterocycles. The van der Waals surface area contributed by atoms with Crippen LogP contribution >= 0.6 is 11.6 Å². The molecule has 26 heavy (non-hydrogen) atoms. The summed E-state index contributed by atoms with van der Waals surface area (Å²) in [4.78, 5) is 4.25.